The molecule has 2 fully saturated rings. The maximum Gasteiger partial charge on any atom is 0.409 e. The zero-order valence-corrected chi connectivity index (χ0v) is 25.2. The summed E-state index contributed by atoms with van der Waals surface area (Å²) >= 11 is 0. The Morgan fingerprint density at radius 1 is 1.15 bits per heavy atom. The number of aromatic nitrogens is 2. The molecule has 0 bridgehead atoms. The highest BCUT2D eigenvalue weighted by Gasteiger charge is 2.34. The SMILES string of the molecule is COC(=O)N1CCc2c(nc(C)n2C(C)CC2CCC(C)N2CCC(NC(=O)C2CCOCC2)c2ccccc2)C1. The molecule has 4 atom stereocenters. The van der Waals surface area contributed by atoms with Crippen molar-refractivity contribution >= 4 is 12.0 Å². The quantitative estimate of drug-likeness (QED) is 0.470. The van der Waals surface area contributed by atoms with Gasteiger partial charge in [-0.15, -0.1) is 0 Å². The van der Waals surface area contributed by atoms with Crippen LogP contribution in [0.1, 0.15) is 87.2 Å². The summed E-state index contributed by atoms with van der Waals surface area (Å²) in [5, 5.41) is 3.41. The Bertz CT molecular complexity index is 1180. The summed E-state index contributed by atoms with van der Waals surface area (Å²) in [6.07, 6.45) is 6.42. The van der Waals surface area contributed by atoms with Gasteiger partial charge in [0.15, 0.2) is 0 Å². The number of hydrogen-bond acceptors (Lipinski definition) is 6. The van der Waals surface area contributed by atoms with Gasteiger partial charge in [-0.3, -0.25) is 9.69 Å². The molecule has 3 aliphatic heterocycles. The van der Waals surface area contributed by atoms with Crippen LogP contribution in [0.4, 0.5) is 4.79 Å². The molecule has 2 aromatic rings. The van der Waals surface area contributed by atoms with Crippen LogP contribution in [-0.4, -0.2) is 76.8 Å². The van der Waals surface area contributed by atoms with Crippen molar-refractivity contribution in [1.82, 2.24) is 24.7 Å². The number of imidazole rings is 1. The topological polar surface area (TPSA) is 88.9 Å². The Labute approximate surface area is 244 Å². The number of benzene rings is 1. The number of nitrogens with one attached hydrogen (secondary N) is 1. The standard InChI is InChI=1S/C32H47N5O4/c1-22-10-11-27(20-23(2)37-24(3)33-29-21-35(32(39)40-4)16-13-30(29)37)36(22)17-12-28(25-8-6-5-7-9-25)34-31(38)26-14-18-41-19-15-26/h5-9,22-23,26-28H,10-21H2,1-4H3,(H,34,38). The predicted molar refractivity (Wildman–Crippen MR) is 157 cm³/mol. The second-order valence-electron chi connectivity index (χ2n) is 12.1. The lowest BCUT2D eigenvalue weighted by Gasteiger charge is -2.33. The van der Waals surface area contributed by atoms with Crippen LogP contribution in [0.5, 0.6) is 0 Å². The van der Waals surface area contributed by atoms with E-state index >= 15 is 0 Å². The van der Waals surface area contributed by atoms with Crippen LogP contribution >= 0.6 is 0 Å². The molecule has 1 N–H and O–H groups in total. The smallest absolute Gasteiger partial charge is 0.409 e. The highest BCUT2D eigenvalue weighted by Crippen LogP contribution is 2.33. The van der Waals surface area contributed by atoms with E-state index in [1.165, 1.54) is 31.2 Å². The molecule has 2 amide bonds. The Kier molecular flexibility index (Phi) is 9.65. The van der Waals surface area contributed by atoms with Gasteiger partial charge in [-0.05, 0) is 64.9 Å². The Morgan fingerprint density at radius 2 is 1.90 bits per heavy atom. The molecule has 0 spiro atoms. The summed E-state index contributed by atoms with van der Waals surface area (Å²) < 4.78 is 12.8. The Balaban J connectivity index is 1.25. The average Bonchev–Trinajstić information content (AvgIpc) is 3.52. The molecule has 0 aliphatic carbocycles. The number of carbonyl (C=O) groups excluding carboxylic acids is 2. The van der Waals surface area contributed by atoms with E-state index in [-0.39, 0.29) is 24.0 Å². The maximum absolute atomic E-state index is 13.2. The number of ether oxygens (including phenoxy) is 2. The summed E-state index contributed by atoms with van der Waals surface area (Å²) in [5.41, 5.74) is 3.42. The first-order valence-electron chi connectivity index (χ1n) is 15.4. The zero-order chi connectivity index (χ0) is 28.9. The van der Waals surface area contributed by atoms with Gasteiger partial charge in [0, 0.05) is 62.5 Å². The molecule has 4 heterocycles. The monoisotopic (exact) mass is 565 g/mol. The van der Waals surface area contributed by atoms with Crippen molar-refractivity contribution < 1.29 is 19.1 Å². The molecule has 0 saturated carbocycles. The van der Waals surface area contributed by atoms with Gasteiger partial charge < -0.3 is 24.3 Å². The number of nitrogens with zero attached hydrogens (tertiary/aromatic N) is 4. The maximum atomic E-state index is 13.2. The van der Waals surface area contributed by atoms with Crippen LogP contribution in [-0.2, 0) is 27.2 Å². The van der Waals surface area contributed by atoms with Gasteiger partial charge in [0.2, 0.25) is 5.91 Å². The lowest BCUT2D eigenvalue weighted by atomic mass is 9.97. The van der Waals surface area contributed by atoms with Gasteiger partial charge >= 0.3 is 6.09 Å². The lowest BCUT2D eigenvalue weighted by Crippen LogP contribution is -2.41. The number of amides is 2. The van der Waals surface area contributed by atoms with Crippen LogP contribution in [0.3, 0.4) is 0 Å². The molecule has 5 rings (SSSR count). The molecule has 41 heavy (non-hydrogen) atoms. The largest absolute Gasteiger partial charge is 0.453 e. The van der Waals surface area contributed by atoms with Gasteiger partial charge in [-0.25, -0.2) is 9.78 Å². The second kappa shape index (κ2) is 13.4. The molecule has 1 aromatic carbocycles. The first-order valence-corrected chi connectivity index (χ1v) is 15.4. The Hall–Kier alpha value is -2.91. The van der Waals surface area contributed by atoms with Gasteiger partial charge in [0.05, 0.1) is 25.4 Å². The third-order valence-corrected chi connectivity index (χ3v) is 9.45. The van der Waals surface area contributed by atoms with E-state index in [0.29, 0.717) is 44.4 Å². The van der Waals surface area contributed by atoms with Crippen LogP contribution < -0.4 is 5.32 Å². The number of aryl methyl sites for hydroxylation is 1. The minimum atomic E-state index is -0.288. The fraction of sp³-hybridized carbons (Fsp3) is 0.656. The normalized spacial score (nSPS) is 23.2. The van der Waals surface area contributed by atoms with Gasteiger partial charge in [0.1, 0.15) is 5.82 Å². The molecular weight excluding hydrogens is 518 g/mol. The molecule has 3 aliphatic rings. The fourth-order valence-electron chi connectivity index (χ4n) is 7.23. The minimum Gasteiger partial charge on any atom is -0.453 e. The molecule has 9 heteroatoms. The molecule has 224 valence electrons. The average molecular weight is 566 g/mol. The van der Waals surface area contributed by atoms with E-state index in [1.54, 1.807) is 4.90 Å². The molecule has 4 unspecified atom stereocenters. The molecule has 9 nitrogen and oxygen atoms in total. The first kappa shape index (κ1) is 29.6. The van der Waals surface area contributed by atoms with E-state index in [4.69, 9.17) is 14.5 Å². The van der Waals surface area contributed by atoms with Crippen molar-refractivity contribution in [3.63, 3.8) is 0 Å². The van der Waals surface area contributed by atoms with E-state index in [9.17, 15) is 9.59 Å². The van der Waals surface area contributed by atoms with Crippen LogP contribution in [0.2, 0.25) is 0 Å². The van der Waals surface area contributed by atoms with Crippen molar-refractivity contribution in [2.24, 2.45) is 5.92 Å². The third kappa shape index (κ3) is 6.78. The number of likely N-dealkylation sites (tertiary alicyclic amines) is 1. The number of fused-ring (bicyclic) bond motifs is 1. The van der Waals surface area contributed by atoms with Crippen molar-refractivity contribution in [2.45, 2.75) is 96.4 Å². The van der Waals surface area contributed by atoms with Crippen molar-refractivity contribution in [1.29, 1.82) is 0 Å². The number of hydrogen-bond donors (Lipinski definition) is 1. The Morgan fingerprint density at radius 3 is 2.63 bits per heavy atom. The first-order chi connectivity index (χ1) is 19.9. The van der Waals surface area contributed by atoms with E-state index in [0.717, 1.165) is 50.2 Å². The summed E-state index contributed by atoms with van der Waals surface area (Å²) in [5.74, 6) is 1.22. The van der Waals surface area contributed by atoms with E-state index in [1.807, 2.05) is 6.07 Å². The lowest BCUT2D eigenvalue weighted by molar-refractivity contribution is -0.128. The van der Waals surface area contributed by atoms with Crippen LogP contribution in [0, 0.1) is 12.8 Å². The van der Waals surface area contributed by atoms with E-state index in [2.05, 4.69) is 59.8 Å². The van der Waals surface area contributed by atoms with Gasteiger partial charge in [-0.2, -0.15) is 0 Å². The zero-order valence-electron chi connectivity index (χ0n) is 25.2. The minimum absolute atomic E-state index is 0.00177. The molecule has 0 radical (unpaired) electrons. The summed E-state index contributed by atoms with van der Waals surface area (Å²) in [4.78, 5) is 34.5. The van der Waals surface area contributed by atoms with E-state index < -0.39 is 0 Å². The third-order valence-electron chi connectivity index (χ3n) is 9.45. The molecular formula is C32H47N5O4. The number of carbonyl (C=O) groups is 2. The highest BCUT2D eigenvalue weighted by atomic mass is 16.5. The summed E-state index contributed by atoms with van der Waals surface area (Å²) in [6.45, 7) is 10.2. The number of methoxy groups -OCH3 is 1. The van der Waals surface area contributed by atoms with Crippen molar-refractivity contribution in [3.05, 3.63) is 53.1 Å². The van der Waals surface area contributed by atoms with Crippen LogP contribution in [0.25, 0.3) is 0 Å². The summed E-state index contributed by atoms with van der Waals surface area (Å²) in [7, 11) is 1.43. The van der Waals surface area contributed by atoms with Gasteiger partial charge in [0.25, 0.3) is 0 Å². The highest BCUT2D eigenvalue weighted by molar-refractivity contribution is 5.79. The van der Waals surface area contributed by atoms with Gasteiger partial charge in [-0.1, -0.05) is 30.3 Å². The van der Waals surface area contributed by atoms with Crippen LogP contribution in [0.15, 0.2) is 30.3 Å². The summed E-state index contributed by atoms with van der Waals surface area (Å²) in [6, 6.07) is 11.7. The molecule has 1 aromatic heterocycles. The van der Waals surface area contributed by atoms with Crippen molar-refractivity contribution in [2.75, 3.05) is 33.4 Å². The molecule has 2 saturated heterocycles. The second-order valence-corrected chi connectivity index (χ2v) is 12.1. The predicted octanol–water partition coefficient (Wildman–Crippen LogP) is 4.79. The number of rotatable bonds is 9. The fourth-order valence-corrected chi connectivity index (χ4v) is 7.23. The van der Waals surface area contributed by atoms with Crippen molar-refractivity contribution in [3.8, 4) is 0 Å².